The molecule has 0 radical (unpaired) electrons. The van der Waals surface area contributed by atoms with E-state index >= 15 is 0 Å². The SMILES string of the molecule is CC(C)c1cc2ccc(OCc3ccc(Cl)cc3)cc2[nH]1. The molecule has 0 aliphatic heterocycles. The summed E-state index contributed by atoms with van der Waals surface area (Å²) in [7, 11) is 0. The van der Waals surface area contributed by atoms with Crippen molar-refractivity contribution >= 4 is 22.5 Å². The van der Waals surface area contributed by atoms with Crippen LogP contribution in [0.2, 0.25) is 5.02 Å². The van der Waals surface area contributed by atoms with Crippen LogP contribution in [0.3, 0.4) is 0 Å². The van der Waals surface area contributed by atoms with E-state index in [9.17, 15) is 0 Å². The van der Waals surface area contributed by atoms with Gasteiger partial charge in [-0.25, -0.2) is 0 Å². The molecule has 2 aromatic carbocycles. The Bertz CT molecular complexity index is 744. The van der Waals surface area contributed by atoms with Gasteiger partial charge in [0.2, 0.25) is 0 Å². The number of aromatic amines is 1. The summed E-state index contributed by atoms with van der Waals surface area (Å²) in [4.78, 5) is 3.44. The van der Waals surface area contributed by atoms with Crippen LogP contribution in [0, 0.1) is 0 Å². The molecule has 3 aromatic rings. The summed E-state index contributed by atoms with van der Waals surface area (Å²) in [5.41, 5.74) is 3.47. The lowest BCUT2D eigenvalue weighted by atomic mass is 10.1. The van der Waals surface area contributed by atoms with Crippen molar-refractivity contribution in [2.24, 2.45) is 0 Å². The molecular weight excluding hydrogens is 282 g/mol. The number of benzene rings is 2. The summed E-state index contributed by atoms with van der Waals surface area (Å²) in [6.07, 6.45) is 0. The van der Waals surface area contributed by atoms with Crippen LogP contribution in [0.25, 0.3) is 10.9 Å². The zero-order valence-electron chi connectivity index (χ0n) is 12.2. The molecule has 0 bridgehead atoms. The second-order valence-corrected chi connectivity index (χ2v) is 5.98. The minimum atomic E-state index is 0.496. The first-order valence-electron chi connectivity index (χ1n) is 7.12. The van der Waals surface area contributed by atoms with E-state index < -0.39 is 0 Å². The lowest BCUT2D eigenvalue weighted by Gasteiger charge is -2.06. The van der Waals surface area contributed by atoms with Crippen molar-refractivity contribution in [2.45, 2.75) is 26.4 Å². The second kappa shape index (κ2) is 5.82. The van der Waals surface area contributed by atoms with Gasteiger partial charge in [-0.3, -0.25) is 0 Å². The van der Waals surface area contributed by atoms with E-state index in [1.807, 2.05) is 30.3 Å². The van der Waals surface area contributed by atoms with Gasteiger partial charge in [0.05, 0.1) is 0 Å². The molecule has 21 heavy (non-hydrogen) atoms. The number of ether oxygens (including phenoxy) is 1. The lowest BCUT2D eigenvalue weighted by molar-refractivity contribution is 0.306. The van der Waals surface area contributed by atoms with E-state index in [1.165, 1.54) is 11.1 Å². The smallest absolute Gasteiger partial charge is 0.121 e. The summed E-state index contributed by atoms with van der Waals surface area (Å²) in [6, 6.07) is 16.1. The maximum atomic E-state index is 5.88. The van der Waals surface area contributed by atoms with Crippen molar-refractivity contribution in [3.05, 3.63) is 64.8 Å². The van der Waals surface area contributed by atoms with Gasteiger partial charge in [0.25, 0.3) is 0 Å². The largest absolute Gasteiger partial charge is 0.489 e. The summed E-state index contributed by atoms with van der Waals surface area (Å²) in [5, 5.41) is 1.96. The Kier molecular flexibility index (Phi) is 3.89. The molecule has 0 atom stereocenters. The zero-order valence-corrected chi connectivity index (χ0v) is 12.9. The highest BCUT2D eigenvalue weighted by atomic mass is 35.5. The van der Waals surface area contributed by atoms with Crippen molar-refractivity contribution < 1.29 is 4.74 Å². The third kappa shape index (κ3) is 3.22. The van der Waals surface area contributed by atoms with Crippen LogP contribution in [-0.2, 0) is 6.61 Å². The van der Waals surface area contributed by atoms with Gasteiger partial charge in [-0.15, -0.1) is 0 Å². The van der Waals surface area contributed by atoms with Gasteiger partial charge in [-0.05, 0) is 47.2 Å². The number of aromatic nitrogens is 1. The van der Waals surface area contributed by atoms with E-state index in [0.29, 0.717) is 12.5 Å². The van der Waals surface area contributed by atoms with Crippen molar-refractivity contribution in [1.82, 2.24) is 4.98 Å². The molecule has 1 aromatic heterocycles. The van der Waals surface area contributed by atoms with Crippen LogP contribution < -0.4 is 4.74 Å². The average Bonchev–Trinajstić information content (AvgIpc) is 2.90. The standard InChI is InChI=1S/C18H18ClNO/c1-12(2)17-9-14-5-8-16(10-18(14)20-17)21-11-13-3-6-15(19)7-4-13/h3-10,12,20H,11H2,1-2H3. The topological polar surface area (TPSA) is 25.0 Å². The number of nitrogens with one attached hydrogen (secondary N) is 1. The normalized spacial score (nSPS) is 11.2. The predicted octanol–water partition coefficient (Wildman–Crippen LogP) is 5.52. The molecule has 108 valence electrons. The lowest BCUT2D eigenvalue weighted by Crippen LogP contribution is -1.94. The fourth-order valence-electron chi connectivity index (χ4n) is 2.28. The molecule has 3 heteroatoms. The Hall–Kier alpha value is -1.93. The highest BCUT2D eigenvalue weighted by molar-refractivity contribution is 6.30. The van der Waals surface area contributed by atoms with Crippen molar-refractivity contribution in [3.8, 4) is 5.75 Å². The molecular formula is C18H18ClNO. The van der Waals surface area contributed by atoms with Crippen molar-refractivity contribution in [3.63, 3.8) is 0 Å². The molecule has 1 heterocycles. The molecule has 0 amide bonds. The molecule has 0 saturated carbocycles. The van der Waals surface area contributed by atoms with Gasteiger partial charge in [-0.2, -0.15) is 0 Å². The van der Waals surface area contributed by atoms with Crippen molar-refractivity contribution in [1.29, 1.82) is 0 Å². The Balaban J connectivity index is 1.76. The van der Waals surface area contributed by atoms with Crippen LogP contribution in [-0.4, -0.2) is 4.98 Å². The Morgan fingerprint density at radius 2 is 1.81 bits per heavy atom. The number of hydrogen-bond acceptors (Lipinski definition) is 1. The Morgan fingerprint density at radius 3 is 2.52 bits per heavy atom. The summed E-state index contributed by atoms with van der Waals surface area (Å²) < 4.78 is 5.85. The van der Waals surface area contributed by atoms with Crippen LogP contribution in [0.5, 0.6) is 5.75 Å². The Morgan fingerprint density at radius 1 is 1.05 bits per heavy atom. The fourth-order valence-corrected chi connectivity index (χ4v) is 2.40. The molecule has 0 fully saturated rings. The maximum absolute atomic E-state index is 5.88. The minimum Gasteiger partial charge on any atom is -0.489 e. The van der Waals surface area contributed by atoms with Gasteiger partial charge < -0.3 is 9.72 Å². The molecule has 0 saturated heterocycles. The quantitative estimate of drug-likeness (QED) is 0.674. The summed E-state index contributed by atoms with van der Waals surface area (Å²) in [5.74, 6) is 1.37. The fraction of sp³-hybridized carbons (Fsp3) is 0.222. The Labute approximate surface area is 129 Å². The molecule has 3 rings (SSSR count). The molecule has 0 unspecified atom stereocenters. The number of fused-ring (bicyclic) bond motifs is 1. The maximum Gasteiger partial charge on any atom is 0.121 e. The predicted molar refractivity (Wildman–Crippen MR) is 88.2 cm³/mol. The number of H-pyrrole nitrogens is 1. The first kappa shape index (κ1) is 14.0. The monoisotopic (exact) mass is 299 g/mol. The third-order valence-electron chi connectivity index (χ3n) is 3.56. The van der Waals surface area contributed by atoms with E-state index in [2.05, 4.69) is 37.0 Å². The number of halogens is 1. The van der Waals surface area contributed by atoms with Gasteiger partial charge in [0.1, 0.15) is 12.4 Å². The number of hydrogen-bond donors (Lipinski definition) is 1. The number of rotatable bonds is 4. The van der Waals surface area contributed by atoms with Gasteiger partial charge in [0.15, 0.2) is 0 Å². The van der Waals surface area contributed by atoms with E-state index in [1.54, 1.807) is 0 Å². The first-order chi connectivity index (χ1) is 10.1. The van der Waals surface area contributed by atoms with Crippen LogP contribution >= 0.6 is 11.6 Å². The van der Waals surface area contributed by atoms with E-state index in [0.717, 1.165) is 21.9 Å². The van der Waals surface area contributed by atoms with Gasteiger partial charge >= 0.3 is 0 Å². The van der Waals surface area contributed by atoms with E-state index in [-0.39, 0.29) is 0 Å². The third-order valence-corrected chi connectivity index (χ3v) is 3.81. The van der Waals surface area contributed by atoms with Gasteiger partial charge in [0, 0.05) is 22.3 Å². The van der Waals surface area contributed by atoms with Crippen LogP contribution in [0.1, 0.15) is 31.0 Å². The van der Waals surface area contributed by atoms with Crippen LogP contribution in [0.15, 0.2) is 48.5 Å². The molecule has 0 aliphatic rings. The van der Waals surface area contributed by atoms with Crippen molar-refractivity contribution in [2.75, 3.05) is 0 Å². The molecule has 0 aliphatic carbocycles. The van der Waals surface area contributed by atoms with Gasteiger partial charge in [-0.1, -0.05) is 37.6 Å². The van der Waals surface area contributed by atoms with Crippen LogP contribution in [0.4, 0.5) is 0 Å². The summed E-state index contributed by atoms with van der Waals surface area (Å²) in [6.45, 7) is 4.91. The molecule has 1 N–H and O–H groups in total. The first-order valence-corrected chi connectivity index (χ1v) is 7.49. The second-order valence-electron chi connectivity index (χ2n) is 5.54. The zero-order chi connectivity index (χ0) is 14.8. The molecule has 2 nitrogen and oxygen atoms in total. The highest BCUT2D eigenvalue weighted by Crippen LogP contribution is 2.25. The summed E-state index contributed by atoms with van der Waals surface area (Å²) >= 11 is 5.88. The molecule has 0 spiro atoms. The minimum absolute atomic E-state index is 0.496. The van der Waals surface area contributed by atoms with E-state index in [4.69, 9.17) is 16.3 Å². The average molecular weight is 300 g/mol. The highest BCUT2D eigenvalue weighted by Gasteiger charge is 2.05.